The van der Waals surface area contributed by atoms with Gasteiger partial charge in [0.2, 0.25) is 11.8 Å². The maximum atomic E-state index is 13.7. The zero-order chi connectivity index (χ0) is 23.5. The summed E-state index contributed by atoms with van der Waals surface area (Å²) in [5.74, 6) is -1.03. The Bertz CT molecular complexity index is 1130. The molecule has 1 atom stereocenters. The van der Waals surface area contributed by atoms with Crippen molar-refractivity contribution in [2.45, 2.75) is 12.8 Å². The lowest BCUT2D eigenvalue weighted by Crippen LogP contribution is -2.41. The van der Waals surface area contributed by atoms with Crippen LogP contribution in [0.3, 0.4) is 0 Å². The normalized spacial score (nSPS) is 19.1. The van der Waals surface area contributed by atoms with E-state index >= 15 is 0 Å². The largest absolute Gasteiger partial charge is 0.379 e. The number of carbonyl (C=O) groups is 2. The van der Waals surface area contributed by atoms with Crippen LogP contribution in [0.1, 0.15) is 12.8 Å². The Morgan fingerprint density at radius 3 is 2.68 bits per heavy atom. The van der Waals surface area contributed by atoms with Crippen molar-refractivity contribution < 1.29 is 18.7 Å². The van der Waals surface area contributed by atoms with E-state index < -0.39 is 5.92 Å². The Balaban J connectivity index is 1.33. The Labute approximate surface area is 201 Å². The maximum absolute atomic E-state index is 13.7. The molecule has 178 valence electrons. The molecule has 3 heterocycles. The lowest BCUT2D eigenvalue weighted by Gasteiger charge is -2.28. The molecule has 0 radical (unpaired) electrons. The van der Waals surface area contributed by atoms with Gasteiger partial charge < -0.3 is 9.64 Å². The Morgan fingerprint density at radius 1 is 1.15 bits per heavy atom. The standard InChI is InChI=1S/C25H27FN4O3S/c26-19-6-8-20(9-7-19)30-17-18(16-23(30)31)24(32)29(11-3-10-28-12-14-33-15-13-28)25-27-21-4-1-2-5-22(21)34-25/h1-2,4-9,18H,3,10-17H2. The highest BCUT2D eigenvalue weighted by molar-refractivity contribution is 7.22. The molecule has 1 aromatic heterocycles. The monoisotopic (exact) mass is 482 g/mol. The average Bonchev–Trinajstić information content (AvgIpc) is 3.46. The van der Waals surface area contributed by atoms with Gasteiger partial charge in [0.05, 0.1) is 29.3 Å². The van der Waals surface area contributed by atoms with Gasteiger partial charge in [0.1, 0.15) is 5.82 Å². The molecule has 2 amide bonds. The molecule has 2 saturated heterocycles. The number of morpholine rings is 1. The number of aromatic nitrogens is 1. The predicted molar refractivity (Wildman–Crippen MR) is 131 cm³/mol. The minimum absolute atomic E-state index is 0.0843. The number of carbonyl (C=O) groups excluding carboxylic acids is 2. The Kier molecular flexibility index (Phi) is 6.85. The summed E-state index contributed by atoms with van der Waals surface area (Å²) in [7, 11) is 0. The molecule has 3 aromatic rings. The van der Waals surface area contributed by atoms with Gasteiger partial charge in [-0.3, -0.25) is 19.4 Å². The van der Waals surface area contributed by atoms with Gasteiger partial charge in [0.15, 0.2) is 5.13 Å². The van der Waals surface area contributed by atoms with Crippen molar-refractivity contribution in [2.75, 3.05) is 55.7 Å². The van der Waals surface area contributed by atoms with Crippen molar-refractivity contribution >= 4 is 44.2 Å². The first kappa shape index (κ1) is 22.9. The third-order valence-electron chi connectivity index (χ3n) is 6.35. The van der Waals surface area contributed by atoms with Crippen LogP contribution in [0.2, 0.25) is 0 Å². The first-order valence-corrected chi connectivity index (χ1v) is 12.4. The lowest BCUT2D eigenvalue weighted by atomic mass is 10.1. The minimum Gasteiger partial charge on any atom is -0.379 e. The fourth-order valence-electron chi connectivity index (χ4n) is 4.52. The van der Waals surface area contributed by atoms with Crippen molar-refractivity contribution in [3.63, 3.8) is 0 Å². The highest BCUT2D eigenvalue weighted by Crippen LogP contribution is 2.32. The van der Waals surface area contributed by atoms with Crippen LogP contribution in [0.25, 0.3) is 10.2 Å². The third kappa shape index (κ3) is 4.96. The summed E-state index contributed by atoms with van der Waals surface area (Å²) in [5, 5.41) is 0.667. The van der Waals surface area contributed by atoms with E-state index in [9.17, 15) is 14.0 Å². The summed E-state index contributed by atoms with van der Waals surface area (Å²) in [4.78, 5) is 36.8. The van der Waals surface area contributed by atoms with E-state index in [2.05, 4.69) is 4.90 Å². The van der Waals surface area contributed by atoms with E-state index in [1.54, 1.807) is 21.9 Å². The van der Waals surface area contributed by atoms with E-state index in [4.69, 9.17) is 9.72 Å². The fraction of sp³-hybridized carbons (Fsp3) is 0.400. The van der Waals surface area contributed by atoms with Crippen LogP contribution in [0, 0.1) is 11.7 Å². The van der Waals surface area contributed by atoms with Gasteiger partial charge in [-0.2, -0.15) is 0 Å². The molecule has 2 aliphatic heterocycles. The molecule has 5 rings (SSSR count). The molecule has 0 spiro atoms. The number of hydrogen-bond donors (Lipinski definition) is 0. The number of amides is 2. The van der Waals surface area contributed by atoms with Crippen LogP contribution >= 0.6 is 11.3 Å². The predicted octanol–water partition coefficient (Wildman–Crippen LogP) is 3.54. The van der Waals surface area contributed by atoms with Crippen molar-refractivity contribution in [1.29, 1.82) is 0 Å². The fourth-order valence-corrected chi connectivity index (χ4v) is 5.51. The Hall–Kier alpha value is -2.88. The summed E-state index contributed by atoms with van der Waals surface area (Å²) in [6, 6.07) is 13.7. The molecule has 0 aliphatic carbocycles. The molecule has 0 bridgehead atoms. The number of hydrogen-bond acceptors (Lipinski definition) is 6. The summed E-state index contributed by atoms with van der Waals surface area (Å²) < 4.78 is 19.8. The second-order valence-electron chi connectivity index (χ2n) is 8.64. The van der Waals surface area contributed by atoms with E-state index in [-0.39, 0.29) is 30.6 Å². The maximum Gasteiger partial charge on any atom is 0.234 e. The van der Waals surface area contributed by atoms with Gasteiger partial charge in [0, 0.05) is 44.8 Å². The minimum atomic E-state index is -0.465. The van der Waals surface area contributed by atoms with Crippen LogP contribution in [-0.2, 0) is 14.3 Å². The second-order valence-corrected chi connectivity index (χ2v) is 9.65. The van der Waals surface area contributed by atoms with Crippen LogP contribution < -0.4 is 9.80 Å². The molecular formula is C25H27FN4O3S. The van der Waals surface area contributed by atoms with Gasteiger partial charge >= 0.3 is 0 Å². The van der Waals surface area contributed by atoms with Crippen LogP contribution in [0.4, 0.5) is 15.2 Å². The number of halogens is 1. The molecule has 34 heavy (non-hydrogen) atoms. The number of fused-ring (bicyclic) bond motifs is 1. The summed E-state index contributed by atoms with van der Waals surface area (Å²) in [6.07, 6.45) is 0.949. The zero-order valence-corrected chi connectivity index (χ0v) is 19.7. The average molecular weight is 483 g/mol. The van der Waals surface area contributed by atoms with Crippen molar-refractivity contribution in [3.8, 4) is 0 Å². The molecule has 1 unspecified atom stereocenters. The molecular weight excluding hydrogens is 455 g/mol. The van der Waals surface area contributed by atoms with Crippen molar-refractivity contribution in [3.05, 3.63) is 54.3 Å². The molecule has 2 aromatic carbocycles. The van der Waals surface area contributed by atoms with Gasteiger partial charge in [0.25, 0.3) is 0 Å². The zero-order valence-electron chi connectivity index (χ0n) is 18.9. The number of thiazole rings is 1. The van der Waals surface area contributed by atoms with Crippen molar-refractivity contribution in [2.24, 2.45) is 5.92 Å². The summed E-state index contributed by atoms with van der Waals surface area (Å²) >= 11 is 1.50. The third-order valence-corrected chi connectivity index (χ3v) is 7.41. The van der Waals surface area contributed by atoms with Gasteiger partial charge in [-0.1, -0.05) is 23.5 Å². The molecule has 2 aliphatic rings. The number of rotatable bonds is 7. The van der Waals surface area contributed by atoms with Gasteiger partial charge in [-0.25, -0.2) is 9.37 Å². The molecule has 0 N–H and O–H groups in total. The van der Waals surface area contributed by atoms with E-state index in [0.29, 0.717) is 17.4 Å². The van der Waals surface area contributed by atoms with Crippen LogP contribution in [0.15, 0.2) is 48.5 Å². The first-order valence-electron chi connectivity index (χ1n) is 11.6. The SMILES string of the molecule is O=C1CC(C(=O)N(CCCN2CCOCC2)c2nc3ccccc3s2)CN1c1ccc(F)cc1. The van der Waals surface area contributed by atoms with E-state index in [0.717, 1.165) is 49.5 Å². The van der Waals surface area contributed by atoms with Crippen LogP contribution in [0.5, 0.6) is 0 Å². The lowest BCUT2D eigenvalue weighted by molar-refractivity contribution is -0.124. The number of benzene rings is 2. The quantitative estimate of drug-likeness (QED) is 0.515. The molecule has 0 saturated carbocycles. The topological polar surface area (TPSA) is 66.0 Å². The van der Waals surface area contributed by atoms with E-state index in [1.807, 2.05) is 24.3 Å². The highest BCUT2D eigenvalue weighted by Gasteiger charge is 2.38. The Morgan fingerprint density at radius 2 is 1.91 bits per heavy atom. The van der Waals surface area contributed by atoms with E-state index in [1.165, 1.54) is 23.5 Å². The number of nitrogens with zero attached hydrogens (tertiary/aromatic N) is 4. The van der Waals surface area contributed by atoms with Crippen LogP contribution in [-0.4, -0.2) is 67.6 Å². The molecule has 7 nitrogen and oxygen atoms in total. The van der Waals surface area contributed by atoms with Gasteiger partial charge in [-0.05, 0) is 42.8 Å². The van der Waals surface area contributed by atoms with Crippen molar-refractivity contribution in [1.82, 2.24) is 9.88 Å². The number of ether oxygens (including phenoxy) is 1. The van der Waals surface area contributed by atoms with Gasteiger partial charge in [-0.15, -0.1) is 0 Å². The highest BCUT2D eigenvalue weighted by atomic mass is 32.1. The molecule has 2 fully saturated rings. The summed E-state index contributed by atoms with van der Waals surface area (Å²) in [6.45, 7) is 4.99. The summed E-state index contributed by atoms with van der Waals surface area (Å²) in [5.41, 5.74) is 1.48. The smallest absolute Gasteiger partial charge is 0.234 e. The first-order chi connectivity index (χ1) is 16.6. The molecule has 9 heteroatoms. The number of anilines is 2. The number of para-hydroxylation sites is 1. The second kappa shape index (κ2) is 10.2.